The predicted molar refractivity (Wildman–Crippen MR) is 123 cm³/mol. The minimum absolute atomic E-state index is 0.0698. The number of amides is 1. The number of nitrogens with one attached hydrogen (secondary N) is 1. The van der Waals surface area contributed by atoms with E-state index in [4.69, 9.17) is 11.6 Å². The van der Waals surface area contributed by atoms with E-state index < -0.39 is 0 Å². The van der Waals surface area contributed by atoms with Crippen LogP contribution in [0.1, 0.15) is 22.0 Å². The summed E-state index contributed by atoms with van der Waals surface area (Å²) in [4.78, 5) is 13.9. The van der Waals surface area contributed by atoms with E-state index in [2.05, 4.69) is 46.7 Å². The highest BCUT2D eigenvalue weighted by atomic mass is 35.5. The molecule has 0 bridgehead atoms. The number of aryl methyl sites for hydroxylation is 1. The van der Waals surface area contributed by atoms with Crippen LogP contribution >= 0.6 is 34.7 Å². The summed E-state index contributed by atoms with van der Waals surface area (Å²) in [5, 5.41) is 14.6. The van der Waals surface area contributed by atoms with Crippen molar-refractivity contribution in [1.82, 2.24) is 20.1 Å². The summed E-state index contributed by atoms with van der Waals surface area (Å²) in [6.07, 6.45) is 1.62. The van der Waals surface area contributed by atoms with Crippen molar-refractivity contribution in [2.45, 2.75) is 18.1 Å². The van der Waals surface area contributed by atoms with Crippen molar-refractivity contribution >= 4 is 40.6 Å². The van der Waals surface area contributed by atoms with Crippen LogP contribution in [0.2, 0.25) is 5.02 Å². The zero-order valence-corrected chi connectivity index (χ0v) is 18.5. The lowest BCUT2D eigenvalue weighted by atomic mass is 10.0. The highest BCUT2D eigenvalue weighted by Gasteiger charge is 2.19. The third kappa shape index (κ3) is 4.92. The predicted octanol–water partition coefficient (Wildman–Crippen LogP) is 5.29. The first-order chi connectivity index (χ1) is 14.6. The first-order valence-electron chi connectivity index (χ1n) is 9.28. The Kier molecular flexibility index (Phi) is 6.52. The number of thiophene rings is 1. The molecule has 0 spiro atoms. The van der Waals surface area contributed by atoms with E-state index in [9.17, 15) is 4.79 Å². The second-order valence-corrected chi connectivity index (χ2v) is 9.04. The summed E-state index contributed by atoms with van der Waals surface area (Å²) in [5.74, 6) is 0.159. The van der Waals surface area contributed by atoms with E-state index in [0.717, 1.165) is 16.1 Å². The van der Waals surface area contributed by atoms with Crippen molar-refractivity contribution in [1.29, 1.82) is 0 Å². The van der Waals surface area contributed by atoms with Crippen LogP contribution in [0.15, 0.2) is 77.5 Å². The van der Waals surface area contributed by atoms with Gasteiger partial charge in [-0.15, -0.1) is 21.5 Å². The minimum Gasteiger partial charge on any atom is -0.344 e. The largest absolute Gasteiger partial charge is 0.344 e. The van der Waals surface area contributed by atoms with Crippen molar-refractivity contribution < 1.29 is 4.79 Å². The lowest BCUT2D eigenvalue weighted by Gasteiger charge is -2.18. The fourth-order valence-electron chi connectivity index (χ4n) is 2.99. The number of carbonyl (C=O) groups excluding carboxylic acids is 1. The number of halogens is 1. The molecule has 0 radical (unpaired) electrons. The molecule has 2 aromatic heterocycles. The molecule has 0 aliphatic heterocycles. The number of aromatic nitrogens is 3. The molecule has 2 heterocycles. The van der Waals surface area contributed by atoms with Crippen LogP contribution in [0.5, 0.6) is 0 Å². The van der Waals surface area contributed by atoms with Crippen LogP contribution in [-0.2, 0) is 4.79 Å². The first kappa shape index (κ1) is 20.7. The molecule has 1 N–H and O–H groups in total. The molecule has 1 unspecified atom stereocenters. The Labute approximate surface area is 188 Å². The standard InChI is InChI=1S/C22H19ClN4OS2/c1-15-7-9-16(10-8-15)21(19-6-3-11-29-19)25-20(28)13-30-22-26-24-14-27(22)18-5-2-4-17(23)12-18/h2-12,14,21H,13H2,1H3,(H,25,28). The molecule has 2 aromatic carbocycles. The maximum absolute atomic E-state index is 12.8. The number of benzene rings is 2. The van der Waals surface area contributed by atoms with Gasteiger partial charge in [-0.25, -0.2) is 0 Å². The summed E-state index contributed by atoms with van der Waals surface area (Å²) in [5.41, 5.74) is 3.10. The van der Waals surface area contributed by atoms with E-state index in [1.807, 2.05) is 46.3 Å². The van der Waals surface area contributed by atoms with Gasteiger partial charge in [0.15, 0.2) is 5.16 Å². The van der Waals surface area contributed by atoms with E-state index in [-0.39, 0.29) is 17.7 Å². The van der Waals surface area contributed by atoms with Gasteiger partial charge in [0.1, 0.15) is 6.33 Å². The Hall–Kier alpha value is -2.61. The zero-order valence-electron chi connectivity index (χ0n) is 16.2. The van der Waals surface area contributed by atoms with E-state index in [0.29, 0.717) is 10.2 Å². The quantitative estimate of drug-likeness (QED) is 0.385. The van der Waals surface area contributed by atoms with Gasteiger partial charge < -0.3 is 5.32 Å². The third-order valence-electron chi connectivity index (χ3n) is 4.48. The van der Waals surface area contributed by atoms with E-state index >= 15 is 0 Å². The summed E-state index contributed by atoms with van der Waals surface area (Å²) in [7, 11) is 0. The topological polar surface area (TPSA) is 59.8 Å². The average molecular weight is 455 g/mol. The maximum Gasteiger partial charge on any atom is 0.231 e. The molecule has 1 atom stereocenters. The number of rotatable bonds is 7. The number of hydrogen-bond donors (Lipinski definition) is 1. The van der Waals surface area contributed by atoms with E-state index in [1.54, 1.807) is 17.7 Å². The highest BCUT2D eigenvalue weighted by Crippen LogP contribution is 2.27. The molecule has 0 saturated heterocycles. The van der Waals surface area contributed by atoms with Crippen molar-refractivity contribution in [2.75, 3.05) is 5.75 Å². The number of nitrogens with zero attached hydrogens (tertiary/aromatic N) is 3. The van der Waals surface area contributed by atoms with Crippen LogP contribution in [0.4, 0.5) is 0 Å². The minimum atomic E-state index is -0.176. The van der Waals surface area contributed by atoms with Crippen LogP contribution in [0, 0.1) is 6.92 Å². The zero-order chi connectivity index (χ0) is 20.9. The Morgan fingerprint density at radius 2 is 2.03 bits per heavy atom. The molecule has 30 heavy (non-hydrogen) atoms. The summed E-state index contributed by atoms with van der Waals surface area (Å²) in [6.45, 7) is 2.05. The Morgan fingerprint density at radius 3 is 2.77 bits per heavy atom. The number of thioether (sulfide) groups is 1. The van der Waals surface area contributed by atoms with Gasteiger partial charge in [-0.05, 0) is 42.1 Å². The van der Waals surface area contributed by atoms with Crippen molar-refractivity contribution in [3.8, 4) is 5.69 Å². The van der Waals surface area contributed by atoms with Gasteiger partial charge in [0.2, 0.25) is 5.91 Å². The van der Waals surface area contributed by atoms with Crippen LogP contribution in [0.25, 0.3) is 5.69 Å². The first-order valence-corrected chi connectivity index (χ1v) is 11.5. The molecule has 0 aliphatic carbocycles. The molecule has 4 rings (SSSR count). The Bertz CT molecular complexity index is 1130. The van der Waals surface area contributed by atoms with E-state index in [1.165, 1.54) is 17.3 Å². The van der Waals surface area contributed by atoms with Crippen molar-refractivity contribution in [2.24, 2.45) is 0 Å². The van der Waals surface area contributed by atoms with Gasteiger partial charge in [-0.2, -0.15) is 0 Å². The third-order valence-corrected chi connectivity index (χ3v) is 6.59. The van der Waals surface area contributed by atoms with Gasteiger partial charge in [0, 0.05) is 9.90 Å². The molecule has 5 nitrogen and oxygen atoms in total. The average Bonchev–Trinajstić information content (AvgIpc) is 3.43. The molecule has 0 saturated carbocycles. The van der Waals surface area contributed by atoms with Gasteiger partial charge in [0.05, 0.1) is 17.5 Å². The molecule has 0 fully saturated rings. The normalized spacial score (nSPS) is 11.9. The van der Waals surface area contributed by atoms with Gasteiger partial charge in [-0.3, -0.25) is 9.36 Å². The molecular formula is C22H19ClN4OS2. The summed E-state index contributed by atoms with van der Waals surface area (Å²) < 4.78 is 1.82. The smallest absolute Gasteiger partial charge is 0.231 e. The second-order valence-electron chi connectivity index (χ2n) is 6.68. The van der Waals surface area contributed by atoms with Crippen LogP contribution < -0.4 is 5.32 Å². The van der Waals surface area contributed by atoms with Crippen LogP contribution in [0.3, 0.4) is 0 Å². The number of hydrogen-bond acceptors (Lipinski definition) is 5. The molecule has 152 valence electrons. The lowest BCUT2D eigenvalue weighted by molar-refractivity contribution is -0.119. The SMILES string of the molecule is Cc1ccc(C(NC(=O)CSc2nncn2-c2cccc(Cl)c2)c2cccs2)cc1. The molecule has 1 amide bonds. The van der Waals surface area contributed by atoms with Crippen LogP contribution in [-0.4, -0.2) is 26.4 Å². The monoisotopic (exact) mass is 454 g/mol. The fraction of sp³-hybridized carbons (Fsp3) is 0.136. The molecule has 4 aromatic rings. The van der Waals surface area contributed by atoms with Gasteiger partial charge in [-0.1, -0.05) is 65.3 Å². The summed E-state index contributed by atoms with van der Waals surface area (Å²) >= 11 is 9.06. The van der Waals surface area contributed by atoms with Gasteiger partial charge in [0.25, 0.3) is 0 Å². The van der Waals surface area contributed by atoms with Crippen molar-refractivity contribution in [3.63, 3.8) is 0 Å². The molecule has 8 heteroatoms. The van der Waals surface area contributed by atoms with Crippen molar-refractivity contribution in [3.05, 3.63) is 93.4 Å². The Morgan fingerprint density at radius 1 is 1.20 bits per heavy atom. The molecular weight excluding hydrogens is 436 g/mol. The second kappa shape index (κ2) is 9.47. The highest BCUT2D eigenvalue weighted by molar-refractivity contribution is 7.99. The Balaban J connectivity index is 1.46. The number of carbonyl (C=O) groups is 1. The maximum atomic E-state index is 12.8. The summed E-state index contributed by atoms with van der Waals surface area (Å²) in [6, 6.07) is 19.5. The lowest BCUT2D eigenvalue weighted by Crippen LogP contribution is -2.30. The fourth-order valence-corrected chi connectivity index (χ4v) is 4.72. The van der Waals surface area contributed by atoms with Gasteiger partial charge >= 0.3 is 0 Å². The molecule has 0 aliphatic rings.